The molecule has 0 unspecified atom stereocenters. The van der Waals surface area contributed by atoms with E-state index in [4.69, 9.17) is 9.47 Å². The van der Waals surface area contributed by atoms with E-state index in [1.807, 2.05) is 26.0 Å². The molecule has 0 aliphatic carbocycles. The first kappa shape index (κ1) is 17.3. The first-order valence-electron chi connectivity index (χ1n) is 6.88. The van der Waals surface area contributed by atoms with Crippen LogP contribution in [0.3, 0.4) is 0 Å². The van der Waals surface area contributed by atoms with Gasteiger partial charge in [-0.3, -0.25) is 5.32 Å². The standard InChI is InChI=1S/C16H25NO4/c1-15(2,3)21-14(19)17-12-8-7-11(9-13(12)20-6)16(4,5)10-18/h7-9,18H,10H2,1-6H3,(H,17,19). The first-order chi connectivity index (χ1) is 9.59. The van der Waals surface area contributed by atoms with Crippen LogP contribution in [0.4, 0.5) is 10.5 Å². The Labute approximate surface area is 126 Å². The lowest BCUT2D eigenvalue weighted by Gasteiger charge is -2.24. The molecule has 0 spiro atoms. The van der Waals surface area contributed by atoms with Crippen molar-refractivity contribution in [2.24, 2.45) is 0 Å². The predicted octanol–water partition coefficient (Wildman–Crippen LogP) is 3.31. The molecule has 0 aromatic heterocycles. The summed E-state index contributed by atoms with van der Waals surface area (Å²) in [4.78, 5) is 11.8. The van der Waals surface area contributed by atoms with Crippen LogP contribution < -0.4 is 10.1 Å². The zero-order chi connectivity index (χ0) is 16.3. The van der Waals surface area contributed by atoms with Gasteiger partial charge in [0.1, 0.15) is 11.4 Å². The van der Waals surface area contributed by atoms with Gasteiger partial charge in [-0.2, -0.15) is 0 Å². The van der Waals surface area contributed by atoms with Gasteiger partial charge in [0.15, 0.2) is 0 Å². The molecule has 1 rings (SSSR count). The summed E-state index contributed by atoms with van der Waals surface area (Å²) in [5.74, 6) is 0.528. The van der Waals surface area contributed by atoms with Gasteiger partial charge in [-0.05, 0) is 38.5 Å². The molecule has 5 heteroatoms. The van der Waals surface area contributed by atoms with E-state index in [1.54, 1.807) is 26.8 Å². The molecule has 0 atom stereocenters. The summed E-state index contributed by atoms with van der Waals surface area (Å²) in [7, 11) is 1.53. The molecule has 118 valence electrons. The Bertz CT molecular complexity index is 503. The molecular weight excluding hydrogens is 270 g/mol. The van der Waals surface area contributed by atoms with E-state index in [-0.39, 0.29) is 12.0 Å². The van der Waals surface area contributed by atoms with E-state index >= 15 is 0 Å². The minimum Gasteiger partial charge on any atom is -0.495 e. The number of carbonyl (C=O) groups is 1. The summed E-state index contributed by atoms with van der Waals surface area (Å²) < 4.78 is 10.5. The van der Waals surface area contributed by atoms with Crippen molar-refractivity contribution in [3.05, 3.63) is 23.8 Å². The van der Waals surface area contributed by atoms with Gasteiger partial charge in [-0.1, -0.05) is 19.9 Å². The Morgan fingerprint density at radius 1 is 1.24 bits per heavy atom. The number of carbonyl (C=O) groups excluding carboxylic acids is 1. The monoisotopic (exact) mass is 295 g/mol. The molecule has 0 radical (unpaired) electrons. The van der Waals surface area contributed by atoms with Crippen LogP contribution in [-0.2, 0) is 10.2 Å². The molecule has 0 saturated heterocycles. The van der Waals surface area contributed by atoms with Crippen LogP contribution in [0.25, 0.3) is 0 Å². The second-order valence-electron chi connectivity index (χ2n) is 6.58. The average molecular weight is 295 g/mol. The number of ether oxygens (including phenoxy) is 2. The maximum atomic E-state index is 11.8. The van der Waals surface area contributed by atoms with Crippen LogP contribution in [0.2, 0.25) is 0 Å². The lowest BCUT2D eigenvalue weighted by molar-refractivity contribution is 0.0635. The summed E-state index contributed by atoms with van der Waals surface area (Å²) >= 11 is 0. The number of anilines is 1. The highest BCUT2D eigenvalue weighted by atomic mass is 16.6. The number of hydrogen-bond donors (Lipinski definition) is 2. The average Bonchev–Trinajstić information content (AvgIpc) is 2.36. The molecule has 0 heterocycles. The van der Waals surface area contributed by atoms with Crippen LogP contribution in [0.15, 0.2) is 18.2 Å². The van der Waals surface area contributed by atoms with Crippen molar-refractivity contribution in [1.29, 1.82) is 0 Å². The largest absolute Gasteiger partial charge is 0.495 e. The van der Waals surface area contributed by atoms with Gasteiger partial charge < -0.3 is 14.6 Å². The van der Waals surface area contributed by atoms with E-state index in [0.29, 0.717) is 11.4 Å². The third-order valence-electron chi connectivity index (χ3n) is 3.01. The zero-order valence-corrected chi connectivity index (χ0v) is 13.6. The van der Waals surface area contributed by atoms with Crippen molar-refractivity contribution in [1.82, 2.24) is 0 Å². The van der Waals surface area contributed by atoms with Crippen LogP contribution in [0, 0.1) is 0 Å². The quantitative estimate of drug-likeness (QED) is 0.894. The van der Waals surface area contributed by atoms with E-state index in [2.05, 4.69) is 5.32 Å². The van der Waals surface area contributed by atoms with E-state index in [9.17, 15) is 9.90 Å². The predicted molar refractivity (Wildman–Crippen MR) is 83.0 cm³/mol. The van der Waals surface area contributed by atoms with Crippen LogP contribution in [0.5, 0.6) is 5.75 Å². The van der Waals surface area contributed by atoms with Crippen molar-refractivity contribution in [3.63, 3.8) is 0 Å². The molecule has 2 N–H and O–H groups in total. The van der Waals surface area contributed by atoms with Gasteiger partial charge in [-0.25, -0.2) is 4.79 Å². The number of benzene rings is 1. The Morgan fingerprint density at radius 2 is 1.86 bits per heavy atom. The lowest BCUT2D eigenvalue weighted by atomic mass is 9.85. The summed E-state index contributed by atoms with van der Waals surface area (Å²) in [5.41, 5.74) is 0.522. The van der Waals surface area contributed by atoms with Crippen molar-refractivity contribution in [2.45, 2.75) is 45.6 Å². The van der Waals surface area contributed by atoms with Gasteiger partial charge in [0.25, 0.3) is 0 Å². The SMILES string of the molecule is COc1cc(C(C)(C)CO)ccc1NC(=O)OC(C)(C)C. The first-order valence-corrected chi connectivity index (χ1v) is 6.88. The topological polar surface area (TPSA) is 67.8 Å². The third kappa shape index (κ3) is 4.93. The van der Waals surface area contributed by atoms with Crippen molar-refractivity contribution in [3.8, 4) is 5.75 Å². The normalized spacial score (nSPS) is 12.0. The zero-order valence-electron chi connectivity index (χ0n) is 13.6. The van der Waals surface area contributed by atoms with Crippen LogP contribution in [0.1, 0.15) is 40.2 Å². The molecule has 1 amide bonds. The molecule has 0 fully saturated rings. The Hall–Kier alpha value is -1.75. The summed E-state index contributed by atoms with van der Waals surface area (Å²) in [6, 6.07) is 5.41. The fourth-order valence-electron chi connectivity index (χ4n) is 1.72. The minimum absolute atomic E-state index is 0.0228. The van der Waals surface area contributed by atoms with E-state index in [0.717, 1.165) is 5.56 Å². The van der Waals surface area contributed by atoms with Crippen LogP contribution >= 0.6 is 0 Å². The fourth-order valence-corrected chi connectivity index (χ4v) is 1.72. The molecule has 0 saturated carbocycles. The molecule has 1 aromatic carbocycles. The highest BCUT2D eigenvalue weighted by Crippen LogP contribution is 2.31. The van der Waals surface area contributed by atoms with Gasteiger partial charge in [0.2, 0.25) is 0 Å². The number of methoxy groups -OCH3 is 1. The smallest absolute Gasteiger partial charge is 0.412 e. The van der Waals surface area contributed by atoms with Crippen molar-refractivity contribution < 1.29 is 19.4 Å². The number of amides is 1. The number of hydrogen-bond acceptors (Lipinski definition) is 4. The second kappa shape index (κ2) is 6.35. The van der Waals surface area contributed by atoms with Crippen molar-refractivity contribution in [2.75, 3.05) is 19.0 Å². The third-order valence-corrected chi connectivity index (χ3v) is 3.01. The molecule has 0 bridgehead atoms. The Balaban J connectivity index is 2.97. The lowest BCUT2D eigenvalue weighted by Crippen LogP contribution is -2.27. The molecule has 0 aliphatic heterocycles. The van der Waals surface area contributed by atoms with E-state index in [1.165, 1.54) is 7.11 Å². The molecule has 21 heavy (non-hydrogen) atoms. The number of aliphatic hydroxyl groups is 1. The van der Waals surface area contributed by atoms with Gasteiger partial charge >= 0.3 is 6.09 Å². The molecule has 5 nitrogen and oxygen atoms in total. The summed E-state index contributed by atoms with van der Waals surface area (Å²) in [6.07, 6.45) is -0.532. The highest BCUT2D eigenvalue weighted by Gasteiger charge is 2.22. The van der Waals surface area contributed by atoms with Gasteiger partial charge in [-0.15, -0.1) is 0 Å². The molecule has 0 aliphatic rings. The van der Waals surface area contributed by atoms with Gasteiger partial charge in [0, 0.05) is 5.41 Å². The maximum absolute atomic E-state index is 11.8. The Morgan fingerprint density at radius 3 is 2.33 bits per heavy atom. The number of rotatable bonds is 4. The fraction of sp³-hybridized carbons (Fsp3) is 0.562. The molecular formula is C16H25NO4. The van der Waals surface area contributed by atoms with Crippen molar-refractivity contribution >= 4 is 11.8 Å². The molecule has 1 aromatic rings. The maximum Gasteiger partial charge on any atom is 0.412 e. The highest BCUT2D eigenvalue weighted by molar-refractivity contribution is 5.87. The number of aliphatic hydroxyl groups excluding tert-OH is 1. The minimum atomic E-state index is -0.559. The van der Waals surface area contributed by atoms with Crippen LogP contribution in [-0.4, -0.2) is 30.5 Å². The van der Waals surface area contributed by atoms with Gasteiger partial charge in [0.05, 0.1) is 19.4 Å². The second-order valence-corrected chi connectivity index (χ2v) is 6.58. The summed E-state index contributed by atoms with van der Waals surface area (Å²) in [6.45, 7) is 9.30. The van der Waals surface area contributed by atoms with E-state index < -0.39 is 11.7 Å². The number of nitrogens with one attached hydrogen (secondary N) is 1. The summed E-state index contributed by atoms with van der Waals surface area (Å²) in [5, 5.41) is 12.1. The Kier molecular flexibility index (Phi) is 5.23.